The van der Waals surface area contributed by atoms with E-state index in [4.69, 9.17) is 0 Å². The first-order valence-corrected chi connectivity index (χ1v) is 10.7. The van der Waals surface area contributed by atoms with E-state index in [1.807, 2.05) is 24.3 Å². The van der Waals surface area contributed by atoms with Crippen molar-refractivity contribution in [2.24, 2.45) is 11.8 Å². The highest BCUT2D eigenvalue weighted by molar-refractivity contribution is 6.22. The van der Waals surface area contributed by atoms with E-state index in [-0.39, 0.29) is 41.1 Å². The van der Waals surface area contributed by atoms with Gasteiger partial charge in [0.1, 0.15) is 5.69 Å². The van der Waals surface area contributed by atoms with Gasteiger partial charge in [-0.3, -0.25) is 19.7 Å². The smallest absolute Gasteiger partial charge is 0.294 e. The van der Waals surface area contributed by atoms with Crippen molar-refractivity contribution >= 4 is 28.9 Å². The third-order valence-corrected chi connectivity index (χ3v) is 6.64. The normalized spacial score (nSPS) is 24.6. The Kier molecular flexibility index (Phi) is 4.81. The molecule has 31 heavy (non-hydrogen) atoms. The lowest BCUT2D eigenvalue weighted by molar-refractivity contribution is -0.383. The summed E-state index contributed by atoms with van der Waals surface area (Å²) >= 11 is 0. The van der Waals surface area contributed by atoms with E-state index >= 15 is 0 Å². The molecule has 7 heteroatoms. The van der Waals surface area contributed by atoms with Gasteiger partial charge in [0.15, 0.2) is 0 Å². The zero-order valence-electron chi connectivity index (χ0n) is 17.0. The summed E-state index contributed by atoms with van der Waals surface area (Å²) < 4.78 is 0. The number of amides is 2. The molecule has 2 aromatic carbocycles. The molecule has 0 unspecified atom stereocenters. The van der Waals surface area contributed by atoms with Crippen LogP contribution in [0.2, 0.25) is 0 Å². The molecule has 1 saturated heterocycles. The molecule has 0 saturated carbocycles. The first kappa shape index (κ1) is 19.5. The Morgan fingerprint density at radius 3 is 2.42 bits per heavy atom. The van der Waals surface area contributed by atoms with E-state index in [9.17, 15) is 19.7 Å². The fraction of sp³-hybridized carbons (Fsp3) is 0.333. The second-order valence-electron chi connectivity index (χ2n) is 8.41. The summed E-state index contributed by atoms with van der Waals surface area (Å²) in [5.74, 6) is -1.27. The van der Waals surface area contributed by atoms with E-state index in [2.05, 4.69) is 17.4 Å². The maximum absolute atomic E-state index is 12.9. The fourth-order valence-electron chi connectivity index (χ4n) is 5.08. The van der Waals surface area contributed by atoms with E-state index in [1.165, 1.54) is 11.6 Å². The first-order chi connectivity index (χ1) is 15.0. The number of hydrogen-bond donors (Lipinski definition) is 1. The summed E-state index contributed by atoms with van der Waals surface area (Å²) in [4.78, 5) is 38.2. The number of benzene rings is 2. The number of aryl methyl sites for hydroxylation is 1. The van der Waals surface area contributed by atoms with Crippen LogP contribution in [-0.2, 0) is 16.0 Å². The summed E-state index contributed by atoms with van der Waals surface area (Å²) in [5.41, 5.74) is 2.96. The molecule has 1 heterocycles. The van der Waals surface area contributed by atoms with Crippen molar-refractivity contribution in [2.45, 2.75) is 38.1 Å². The maximum atomic E-state index is 12.9. The van der Waals surface area contributed by atoms with Crippen molar-refractivity contribution in [3.63, 3.8) is 0 Å². The van der Waals surface area contributed by atoms with Crippen LogP contribution < -0.4 is 10.2 Å². The van der Waals surface area contributed by atoms with E-state index in [0.29, 0.717) is 18.5 Å². The molecular formula is C24H23N3O4. The van der Waals surface area contributed by atoms with Gasteiger partial charge in [-0.15, -0.1) is 0 Å². The van der Waals surface area contributed by atoms with Crippen LogP contribution in [0, 0.1) is 22.0 Å². The number of nitrogens with zero attached hydrogens (tertiary/aromatic N) is 2. The van der Waals surface area contributed by atoms with Gasteiger partial charge >= 0.3 is 0 Å². The van der Waals surface area contributed by atoms with Gasteiger partial charge in [0.05, 0.1) is 28.5 Å². The number of fused-ring (bicyclic) bond motifs is 2. The molecule has 0 aromatic heterocycles. The zero-order chi connectivity index (χ0) is 21.5. The fourth-order valence-corrected chi connectivity index (χ4v) is 5.08. The molecule has 7 nitrogen and oxygen atoms in total. The number of nitrogens with one attached hydrogen (secondary N) is 1. The number of anilines is 2. The molecule has 158 valence electrons. The van der Waals surface area contributed by atoms with E-state index in [0.717, 1.165) is 29.7 Å². The zero-order valence-corrected chi connectivity index (χ0v) is 17.0. The van der Waals surface area contributed by atoms with Crippen LogP contribution >= 0.6 is 0 Å². The van der Waals surface area contributed by atoms with Crippen LogP contribution in [-0.4, -0.2) is 16.7 Å². The quantitative estimate of drug-likeness (QED) is 0.341. The summed E-state index contributed by atoms with van der Waals surface area (Å²) in [6.45, 7) is 0. The molecule has 1 N–H and O–H groups in total. The third-order valence-electron chi connectivity index (χ3n) is 6.64. The van der Waals surface area contributed by atoms with Crippen molar-refractivity contribution in [1.29, 1.82) is 0 Å². The highest BCUT2D eigenvalue weighted by Gasteiger charge is 2.48. The number of nitro benzene ring substituents is 1. The number of nitro groups is 1. The molecule has 3 atom stereocenters. The number of carbonyl (C=O) groups excluding carboxylic acids is 2. The van der Waals surface area contributed by atoms with Gasteiger partial charge in [-0.1, -0.05) is 36.4 Å². The van der Waals surface area contributed by atoms with Crippen LogP contribution in [0.25, 0.3) is 0 Å². The summed E-state index contributed by atoms with van der Waals surface area (Å²) in [6, 6.07) is 12.7. The molecule has 2 amide bonds. The monoisotopic (exact) mass is 417 g/mol. The molecule has 0 bridgehead atoms. The Morgan fingerprint density at radius 2 is 1.71 bits per heavy atom. The van der Waals surface area contributed by atoms with Crippen molar-refractivity contribution in [2.75, 3.05) is 10.2 Å². The lowest BCUT2D eigenvalue weighted by Gasteiger charge is -2.27. The Hall–Kier alpha value is -3.48. The Labute approximate surface area is 179 Å². The average Bonchev–Trinajstić information content (AvgIpc) is 3.04. The van der Waals surface area contributed by atoms with E-state index < -0.39 is 4.92 Å². The molecule has 0 radical (unpaired) electrons. The molecule has 1 aliphatic heterocycles. The Bertz CT molecular complexity index is 1080. The van der Waals surface area contributed by atoms with Gasteiger partial charge in [-0.2, -0.15) is 0 Å². The van der Waals surface area contributed by atoms with Gasteiger partial charge in [0.25, 0.3) is 5.69 Å². The summed E-state index contributed by atoms with van der Waals surface area (Å²) in [6.07, 6.45) is 7.82. The largest absolute Gasteiger partial charge is 0.373 e. The molecule has 5 rings (SSSR count). The van der Waals surface area contributed by atoms with Gasteiger partial charge in [0, 0.05) is 6.07 Å². The minimum absolute atomic E-state index is 0.0153. The van der Waals surface area contributed by atoms with Gasteiger partial charge < -0.3 is 5.32 Å². The molecular weight excluding hydrogens is 394 g/mol. The third kappa shape index (κ3) is 3.30. The molecule has 2 aliphatic carbocycles. The maximum Gasteiger partial charge on any atom is 0.294 e. The number of imide groups is 1. The van der Waals surface area contributed by atoms with Crippen molar-refractivity contribution in [1.82, 2.24) is 0 Å². The average molecular weight is 417 g/mol. The predicted octanol–water partition coefficient (Wildman–Crippen LogP) is 4.54. The number of carbonyl (C=O) groups is 2. The van der Waals surface area contributed by atoms with Crippen LogP contribution in [0.3, 0.4) is 0 Å². The van der Waals surface area contributed by atoms with E-state index in [1.54, 1.807) is 12.1 Å². The highest BCUT2D eigenvalue weighted by atomic mass is 16.6. The highest BCUT2D eigenvalue weighted by Crippen LogP contribution is 2.41. The molecule has 3 aliphatic rings. The minimum atomic E-state index is -0.458. The topological polar surface area (TPSA) is 92.6 Å². The first-order valence-electron chi connectivity index (χ1n) is 10.7. The van der Waals surface area contributed by atoms with Gasteiger partial charge in [-0.25, -0.2) is 4.90 Å². The number of hydrogen-bond acceptors (Lipinski definition) is 5. The summed E-state index contributed by atoms with van der Waals surface area (Å²) in [7, 11) is 0. The van der Waals surface area contributed by atoms with Gasteiger partial charge in [0.2, 0.25) is 11.8 Å². The predicted molar refractivity (Wildman–Crippen MR) is 117 cm³/mol. The van der Waals surface area contributed by atoms with Crippen LogP contribution in [0.4, 0.5) is 17.1 Å². The summed E-state index contributed by atoms with van der Waals surface area (Å²) in [5, 5.41) is 15.2. The Morgan fingerprint density at radius 1 is 1.00 bits per heavy atom. The number of rotatable bonds is 4. The molecule has 0 spiro atoms. The van der Waals surface area contributed by atoms with Crippen molar-refractivity contribution < 1.29 is 14.5 Å². The van der Waals surface area contributed by atoms with Crippen LogP contribution in [0.1, 0.15) is 42.9 Å². The van der Waals surface area contributed by atoms with Crippen LogP contribution in [0.5, 0.6) is 0 Å². The second kappa shape index (κ2) is 7.65. The molecule has 2 aromatic rings. The number of allylic oxidation sites excluding steroid dienone is 2. The lowest BCUT2D eigenvalue weighted by Crippen LogP contribution is -2.31. The van der Waals surface area contributed by atoms with Crippen molar-refractivity contribution in [3.05, 3.63) is 75.9 Å². The van der Waals surface area contributed by atoms with Gasteiger partial charge in [-0.05, 0) is 55.4 Å². The van der Waals surface area contributed by atoms with Crippen LogP contribution in [0.15, 0.2) is 54.6 Å². The lowest BCUT2D eigenvalue weighted by atomic mass is 9.85. The molecule has 1 fully saturated rings. The Balaban J connectivity index is 1.46. The van der Waals surface area contributed by atoms with Crippen molar-refractivity contribution in [3.8, 4) is 0 Å². The second-order valence-corrected chi connectivity index (χ2v) is 8.41. The standard InChI is InChI=1S/C24H23N3O4/c28-23-18-9-3-4-10-19(18)24(29)26(23)16-12-13-21(22(14-16)27(30)31)25-20-11-5-7-15-6-1-2-8-17(15)20/h1-4,6,8,12-14,18-20,25H,5,7,9-11H2/t18-,19+,20-/m0/s1. The minimum Gasteiger partial charge on any atom is -0.373 e. The SMILES string of the molecule is O=C1[C@H]2CC=CC[C@H]2C(=O)N1c1ccc(N[C@H]2CCCc3ccccc32)c([N+](=O)[O-])c1.